The van der Waals surface area contributed by atoms with Gasteiger partial charge in [-0.25, -0.2) is 0 Å². The predicted molar refractivity (Wildman–Crippen MR) is 101 cm³/mol. The Morgan fingerprint density at radius 1 is 1.30 bits per heavy atom. The van der Waals surface area contributed by atoms with Crippen LogP contribution in [0.25, 0.3) is 0 Å². The highest BCUT2D eigenvalue weighted by molar-refractivity contribution is 7.99. The number of allylic oxidation sites excluding steroid dienone is 5. The normalized spacial score (nSPS) is 17.0. The maximum Gasteiger partial charge on any atom is 0.119 e. The van der Waals surface area contributed by atoms with Gasteiger partial charge in [0, 0.05) is 6.68 Å². The zero-order chi connectivity index (χ0) is 16.5. The SMILES string of the molecule is CCC(O)C(CC1=CC=CCC=C1OCc1ccccc1)SC.[HH]. The van der Waals surface area contributed by atoms with Crippen molar-refractivity contribution in [3.05, 3.63) is 71.5 Å². The van der Waals surface area contributed by atoms with Crippen LogP contribution in [0.3, 0.4) is 0 Å². The molecule has 1 aliphatic carbocycles. The van der Waals surface area contributed by atoms with Gasteiger partial charge in [-0.1, -0.05) is 55.5 Å². The Hall–Kier alpha value is -1.45. The van der Waals surface area contributed by atoms with E-state index in [9.17, 15) is 5.11 Å². The van der Waals surface area contributed by atoms with Crippen molar-refractivity contribution in [1.82, 2.24) is 0 Å². The van der Waals surface area contributed by atoms with Gasteiger partial charge in [-0.3, -0.25) is 0 Å². The summed E-state index contributed by atoms with van der Waals surface area (Å²) in [7, 11) is 0. The molecular formula is C20H28O2S. The molecule has 23 heavy (non-hydrogen) atoms. The van der Waals surface area contributed by atoms with E-state index >= 15 is 0 Å². The van der Waals surface area contributed by atoms with Crippen molar-refractivity contribution >= 4 is 11.8 Å². The van der Waals surface area contributed by atoms with Crippen LogP contribution >= 0.6 is 11.8 Å². The molecule has 0 amide bonds. The van der Waals surface area contributed by atoms with Crippen LogP contribution < -0.4 is 0 Å². The molecule has 0 bridgehead atoms. The Morgan fingerprint density at radius 2 is 2.09 bits per heavy atom. The lowest BCUT2D eigenvalue weighted by Crippen LogP contribution is -2.23. The third kappa shape index (κ3) is 5.60. The van der Waals surface area contributed by atoms with Crippen molar-refractivity contribution in [3.63, 3.8) is 0 Å². The summed E-state index contributed by atoms with van der Waals surface area (Å²) >= 11 is 1.72. The van der Waals surface area contributed by atoms with Crippen LogP contribution in [0.2, 0.25) is 0 Å². The van der Waals surface area contributed by atoms with Crippen molar-refractivity contribution in [1.29, 1.82) is 0 Å². The number of benzene rings is 1. The topological polar surface area (TPSA) is 29.5 Å². The second-order valence-corrected chi connectivity index (χ2v) is 6.73. The van der Waals surface area contributed by atoms with Crippen LogP contribution in [-0.2, 0) is 11.3 Å². The molecule has 0 aromatic heterocycles. The molecular weight excluding hydrogens is 304 g/mol. The van der Waals surface area contributed by atoms with Gasteiger partial charge in [0.1, 0.15) is 12.4 Å². The van der Waals surface area contributed by atoms with E-state index < -0.39 is 0 Å². The molecule has 0 aliphatic heterocycles. The Bertz CT molecular complexity index is 566. The number of hydrogen-bond donors (Lipinski definition) is 1. The molecule has 0 spiro atoms. The van der Waals surface area contributed by atoms with E-state index in [1.807, 2.05) is 25.1 Å². The molecule has 0 radical (unpaired) electrons. The number of ether oxygens (including phenoxy) is 1. The smallest absolute Gasteiger partial charge is 0.119 e. The van der Waals surface area contributed by atoms with E-state index in [0.717, 1.165) is 25.0 Å². The minimum absolute atomic E-state index is 0. The van der Waals surface area contributed by atoms with Gasteiger partial charge in [0.2, 0.25) is 0 Å². The van der Waals surface area contributed by atoms with E-state index in [2.05, 4.69) is 42.7 Å². The highest BCUT2D eigenvalue weighted by Gasteiger charge is 2.20. The van der Waals surface area contributed by atoms with Crippen molar-refractivity contribution in [2.24, 2.45) is 0 Å². The van der Waals surface area contributed by atoms with E-state index in [1.165, 1.54) is 11.1 Å². The van der Waals surface area contributed by atoms with Gasteiger partial charge in [0.25, 0.3) is 0 Å². The average Bonchev–Trinajstić information content (AvgIpc) is 2.83. The summed E-state index contributed by atoms with van der Waals surface area (Å²) in [6.45, 7) is 2.60. The zero-order valence-electron chi connectivity index (χ0n) is 13.9. The van der Waals surface area contributed by atoms with Gasteiger partial charge in [0.15, 0.2) is 0 Å². The Kier molecular flexibility index (Phi) is 7.50. The fourth-order valence-corrected chi connectivity index (χ4v) is 3.42. The number of thioether (sulfide) groups is 1. The van der Waals surface area contributed by atoms with Crippen LogP contribution in [0.15, 0.2) is 66.0 Å². The Balaban J connectivity index is 0.00000288. The van der Waals surface area contributed by atoms with E-state index in [0.29, 0.717) is 6.61 Å². The van der Waals surface area contributed by atoms with E-state index in [1.54, 1.807) is 11.8 Å². The maximum absolute atomic E-state index is 10.2. The fraction of sp³-hybridized carbons (Fsp3) is 0.400. The molecule has 0 saturated heterocycles. The van der Waals surface area contributed by atoms with Crippen LogP contribution in [0.5, 0.6) is 0 Å². The van der Waals surface area contributed by atoms with Crippen molar-refractivity contribution < 1.29 is 11.3 Å². The average molecular weight is 333 g/mol. The quantitative estimate of drug-likeness (QED) is 0.717. The Labute approximate surface area is 145 Å². The number of aliphatic hydroxyl groups excluding tert-OH is 1. The number of aliphatic hydroxyl groups is 1. The molecule has 2 atom stereocenters. The molecule has 3 heteroatoms. The first kappa shape index (κ1) is 17.9. The van der Waals surface area contributed by atoms with Gasteiger partial charge in [-0.2, -0.15) is 11.8 Å². The minimum atomic E-state index is -0.284. The molecule has 0 fully saturated rings. The van der Waals surface area contributed by atoms with Gasteiger partial charge < -0.3 is 9.84 Å². The molecule has 126 valence electrons. The second kappa shape index (κ2) is 9.64. The van der Waals surface area contributed by atoms with Crippen molar-refractivity contribution in [3.8, 4) is 0 Å². The second-order valence-electron chi connectivity index (χ2n) is 5.65. The lowest BCUT2D eigenvalue weighted by molar-refractivity contribution is 0.163. The third-order valence-electron chi connectivity index (χ3n) is 4.00. The summed E-state index contributed by atoms with van der Waals surface area (Å²) in [5, 5.41) is 10.4. The highest BCUT2D eigenvalue weighted by Crippen LogP contribution is 2.28. The van der Waals surface area contributed by atoms with Gasteiger partial charge in [0.05, 0.1) is 6.10 Å². The summed E-state index contributed by atoms with van der Waals surface area (Å²) in [5.74, 6) is 0.946. The van der Waals surface area contributed by atoms with Crippen molar-refractivity contribution in [2.75, 3.05) is 6.26 Å². The lowest BCUT2D eigenvalue weighted by atomic mass is 10.0. The standard InChI is InChI=1S/C20H26O2S.H2/c1-3-18(21)20(23-2)14-17-12-8-5-9-13-19(17)22-15-16-10-6-4-7-11-16;/h4-8,10-13,18,20-21H,3,9,14-15H2,1-2H3;1H. The minimum Gasteiger partial charge on any atom is -0.489 e. The molecule has 2 nitrogen and oxygen atoms in total. The highest BCUT2D eigenvalue weighted by atomic mass is 32.2. The monoisotopic (exact) mass is 332 g/mol. The van der Waals surface area contributed by atoms with Gasteiger partial charge >= 0.3 is 0 Å². The molecule has 2 rings (SSSR count). The summed E-state index contributed by atoms with van der Waals surface area (Å²) < 4.78 is 6.08. The first-order chi connectivity index (χ1) is 11.2. The summed E-state index contributed by atoms with van der Waals surface area (Å²) in [6, 6.07) is 10.2. The largest absolute Gasteiger partial charge is 0.489 e. The lowest BCUT2D eigenvalue weighted by Gasteiger charge is -2.22. The first-order valence-corrected chi connectivity index (χ1v) is 9.47. The van der Waals surface area contributed by atoms with Crippen molar-refractivity contribution in [2.45, 2.75) is 44.1 Å². The Morgan fingerprint density at radius 3 is 2.78 bits per heavy atom. The summed E-state index contributed by atoms with van der Waals surface area (Å²) in [6.07, 6.45) is 12.7. The number of hydrogen-bond acceptors (Lipinski definition) is 3. The van der Waals surface area contributed by atoms with E-state index in [-0.39, 0.29) is 12.8 Å². The molecule has 1 aliphatic rings. The molecule has 0 heterocycles. The maximum atomic E-state index is 10.2. The zero-order valence-corrected chi connectivity index (χ0v) is 14.8. The summed E-state index contributed by atoms with van der Waals surface area (Å²) in [5.41, 5.74) is 2.33. The molecule has 0 saturated carbocycles. The molecule has 1 N–H and O–H groups in total. The van der Waals surface area contributed by atoms with Crippen LogP contribution in [-0.4, -0.2) is 22.7 Å². The van der Waals surface area contributed by atoms with Crippen LogP contribution in [0, 0.1) is 0 Å². The molecule has 1 aromatic rings. The molecule has 2 unspecified atom stereocenters. The fourth-order valence-electron chi connectivity index (χ4n) is 2.56. The van der Waals surface area contributed by atoms with Gasteiger partial charge in [-0.05, 0) is 42.7 Å². The predicted octanol–water partition coefficient (Wildman–Crippen LogP) is 5.11. The third-order valence-corrected chi connectivity index (χ3v) is 5.08. The van der Waals surface area contributed by atoms with Gasteiger partial charge in [-0.15, -0.1) is 0 Å². The van der Waals surface area contributed by atoms with E-state index in [4.69, 9.17) is 4.74 Å². The number of rotatable bonds is 8. The summed E-state index contributed by atoms with van der Waals surface area (Å²) in [4.78, 5) is 0. The first-order valence-electron chi connectivity index (χ1n) is 8.18. The van der Waals surface area contributed by atoms with Crippen LogP contribution in [0.1, 0.15) is 33.2 Å². The molecule has 1 aromatic carbocycles. The van der Waals surface area contributed by atoms with Crippen LogP contribution in [0.4, 0.5) is 0 Å².